The average molecular weight is 555 g/mol. The second kappa shape index (κ2) is 13.6. The zero-order chi connectivity index (χ0) is 22.1. The number of ether oxygens (including phenoxy) is 1. The number of nitrogens with zero attached hydrogens (tertiary/aromatic N) is 3. The first-order chi connectivity index (χ1) is 15.1. The Bertz CT molecular complexity index is 871. The molecule has 6 nitrogen and oxygen atoms in total. The van der Waals surface area contributed by atoms with E-state index in [4.69, 9.17) is 9.73 Å². The number of aromatic nitrogens is 1. The van der Waals surface area contributed by atoms with E-state index in [0.717, 1.165) is 63.5 Å². The zero-order valence-corrected chi connectivity index (χ0v) is 21.6. The van der Waals surface area contributed by atoms with Crippen LogP contribution in [-0.4, -0.2) is 55.2 Å². The summed E-state index contributed by atoms with van der Waals surface area (Å²) in [6, 6.07) is 7.67. The first kappa shape index (κ1) is 26.3. The summed E-state index contributed by atoms with van der Waals surface area (Å²) in [5.74, 6) is 0.871. The van der Waals surface area contributed by atoms with Crippen LogP contribution >= 0.6 is 24.0 Å². The molecule has 32 heavy (non-hydrogen) atoms. The van der Waals surface area contributed by atoms with Crippen LogP contribution in [0.4, 0.5) is 4.39 Å². The standard InChI is InChI=1S/C24H34FN5O.HI/c1-4-27-24(28-12-8-20-7-11-26-16-18(20)2)29-21-9-13-30(14-10-21)17-19-5-6-23(31-3)22(25)15-19;/h5-7,11,15-16,21H,4,8-10,12-14,17H2,1-3H3,(H2,27,28,29);1H. The molecule has 1 aromatic heterocycles. The van der Waals surface area contributed by atoms with Crippen LogP contribution in [0, 0.1) is 12.7 Å². The van der Waals surface area contributed by atoms with Gasteiger partial charge >= 0.3 is 0 Å². The first-order valence-electron chi connectivity index (χ1n) is 11.1. The fourth-order valence-electron chi connectivity index (χ4n) is 3.89. The molecule has 1 aliphatic rings. The Morgan fingerprint density at radius 1 is 1.28 bits per heavy atom. The second-order valence-corrected chi connectivity index (χ2v) is 7.98. The van der Waals surface area contributed by atoms with Crippen molar-refractivity contribution in [3.63, 3.8) is 0 Å². The van der Waals surface area contributed by atoms with Gasteiger partial charge in [0.15, 0.2) is 17.5 Å². The third kappa shape index (κ3) is 7.88. The summed E-state index contributed by atoms with van der Waals surface area (Å²) < 4.78 is 18.9. The van der Waals surface area contributed by atoms with E-state index >= 15 is 0 Å². The van der Waals surface area contributed by atoms with E-state index in [9.17, 15) is 4.39 Å². The number of aryl methyl sites for hydroxylation is 1. The summed E-state index contributed by atoms with van der Waals surface area (Å²) >= 11 is 0. The van der Waals surface area contributed by atoms with Gasteiger partial charge < -0.3 is 15.4 Å². The SMILES string of the molecule is CCNC(=NCCc1ccncc1C)NC1CCN(Cc2ccc(OC)c(F)c2)CC1.I. The van der Waals surface area contributed by atoms with Gasteiger partial charge in [-0.25, -0.2) is 4.39 Å². The molecule has 1 aliphatic heterocycles. The minimum atomic E-state index is -0.301. The van der Waals surface area contributed by atoms with Gasteiger partial charge in [0.25, 0.3) is 0 Å². The summed E-state index contributed by atoms with van der Waals surface area (Å²) in [6.07, 6.45) is 6.71. The topological polar surface area (TPSA) is 61.8 Å². The van der Waals surface area contributed by atoms with Crippen molar-refractivity contribution < 1.29 is 9.13 Å². The van der Waals surface area contributed by atoms with Crippen molar-refractivity contribution in [2.45, 2.75) is 45.7 Å². The summed E-state index contributed by atoms with van der Waals surface area (Å²) in [7, 11) is 1.49. The average Bonchev–Trinajstić information content (AvgIpc) is 2.77. The number of likely N-dealkylation sites (tertiary alicyclic amines) is 1. The lowest BCUT2D eigenvalue weighted by Crippen LogP contribution is -2.48. The Labute approximate surface area is 208 Å². The van der Waals surface area contributed by atoms with Crippen molar-refractivity contribution >= 4 is 29.9 Å². The Hall–Kier alpha value is -1.94. The number of hydrogen-bond donors (Lipinski definition) is 2. The smallest absolute Gasteiger partial charge is 0.191 e. The van der Waals surface area contributed by atoms with E-state index in [0.29, 0.717) is 11.8 Å². The molecule has 0 amide bonds. The summed E-state index contributed by atoms with van der Waals surface area (Å²) in [4.78, 5) is 11.3. The highest BCUT2D eigenvalue weighted by molar-refractivity contribution is 14.0. The molecule has 0 saturated carbocycles. The van der Waals surface area contributed by atoms with Crippen LogP contribution in [0.15, 0.2) is 41.7 Å². The molecular formula is C24H35FIN5O. The van der Waals surface area contributed by atoms with Crippen molar-refractivity contribution in [3.05, 3.63) is 59.2 Å². The molecule has 1 saturated heterocycles. The highest BCUT2D eigenvalue weighted by Gasteiger charge is 2.20. The van der Waals surface area contributed by atoms with Crippen LogP contribution in [0.2, 0.25) is 0 Å². The number of halogens is 2. The van der Waals surface area contributed by atoms with Crippen LogP contribution in [-0.2, 0) is 13.0 Å². The lowest BCUT2D eigenvalue weighted by Gasteiger charge is -2.33. The monoisotopic (exact) mass is 555 g/mol. The molecule has 0 aliphatic carbocycles. The van der Waals surface area contributed by atoms with Gasteiger partial charge in [0.05, 0.1) is 7.11 Å². The Balaban J connectivity index is 0.00000363. The number of pyridine rings is 1. The van der Waals surface area contributed by atoms with Crippen LogP contribution < -0.4 is 15.4 Å². The number of aliphatic imine (C=N–C) groups is 1. The maximum Gasteiger partial charge on any atom is 0.191 e. The van der Waals surface area contributed by atoms with Crippen molar-refractivity contribution in [1.82, 2.24) is 20.5 Å². The number of hydrogen-bond acceptors (Lipinski definition) is 4. The molecule has 2 heterocycles. The Morgan fingerprint density at radius 2 is 2.06 bits per heavy atom. The van der Waals surface area contributed by atoms with Gasteiger partial charge in [0.2, 0.25) is 0 Å². The van der Waals surface area contributed by atoms with E-state index in [1.165, 1.54) is 18.2 Å². The summed E-state index contributed by atoms with van der Waals surface area (Å²) in [6.45, 7) is 8.45. The largest absolute Gasteiger partial charge is 0.494 e. The lowest BCUT2D eigenvalue weighted by molar-refractivity contribution is 0.198. The maximum absolute atomic E-state index is 13.9. The van der Waals surface area contributed by atoms with Gasteiger partial charge in [0.1, 0.15) is 0 Å². The minimum Gasteiger partial charge on any atom is -0.494 e. The third-order valence-corrected chi connectivity index (χ3v) is 5.68. The number of benzene rings is 1. The second-order valence-electron chi connectivity index (χ2n) is 7.98. The van der Waals surface area contributed by atoms with Crippen molar-refractivity contribution in [2.24, 2.45) is 4.99 Å². The quantitative estimate of drug-likeness (QED) is 0.294. The van der Waals surface area contributed by atoms with Crippen LogP contribution in [0.3, 0.4) is 0 Å². The summed E-state index contributed by atoms with van der Waals surface area (Å²) in [5, 5.41) is 6.95. The van der Waals surface area contributed by atoms with Crippen LogP contribution in [0.1, 0.15) is 36.5 Å². The molecule has 8 heteroatoms. The Morgan fingerprint density at radius 3 is 2.72 bits per heavy atom. The van der Waals surface area contributed by atoms with Gasteiger partial charge in [-0.2, -0.15) is 0 Å². The molecule has 3 rings (SSSR count). The normalized spacial score (nSPS) is 15.2. The number of piperidine rings is 1. The van der Waals surface area contributed by atoms with E-state index in [1.807, 2.05) is 18.5 Å². The number of methoxy groups -OCH3 is 1. The molecule has 0 spiro atoms. The number of rotatable bonds is 8. The highest BCUT2D eigenvalue weighted by atomic mass is 127. The molecule has 2 aromatic rings. The molecule has 0 bridgehead atoms. The highest BCUT2D eigenvalue weighted by Crippen LogP contribution is 2.20. The molecule has 176 valence electrons. The fourth-order valence-corrected chi connectivity index (χ4v) is 3.89. The molecule has 0 unspecified atom stereocenters. The fraction of sp³-hybridized carbons (Fsp3) is 0.500. The van der Waals surface area contributed by atoms with Crippen molar-refractivity contribution in [3.8, 4) is 5.75 Å². The number of nitrogens with one attached hydrogen (secondary N) is 2. The molecule has 1 fully saturated rings. The number of guanidine groups is 1. The predicted molar refractivity (Wildman–Crippen MR) is 138 cm³/mol. The summed E-state index contributed by atoms with van der Waals surface area (Å²) in [5.41, 5.74) is 3.48. The van der Waals surface area contributed by atoms with E-state index in [-0.39, 0.29) is 29.8 Å². The van der Waals surface area contributed by atoms with Gasteiger partial charge in [-0.3, -0.25) is 14.9 Å². The molecule has 0 atom stereocenters. The lowest BCUT2D eigenvalue weighted by atomic mass is 10.0. The third-order valence-electron chi connectivity index (χ3n) is 5.68. The maximum atomic E-state index is 13.9. The van der Waals surface area contributed by atoms with Crippen molar-refractivity contribution in [1.29, 1.82) is 0 Å². The van der Waals surface area contributed by atoms with Crippen molar-refractivity contribution in [2.75, 3.05) is 33.3 Å². The molecule has 1 aromatic carbocycles. The van der Waals surface area contributed by atoms with Crippen LogP contribution in [0.25, 0.3) is 0 Å². The van der Waals surface area contributed by atoms with Crippen LogP contribution in [0.5, 0.6) is 5.75 Å². The molecule has 2 N–H and O–H groups in total. The Kier molecular flexibility index (Phi) is 11.2. The molecular weight excluding hydrogens is 520 g/mol. The first-order valence-corrected chi connectivity index (χ1v) is 11.1. The predicted octanol–water partition coefficient (Wildman–Crippen LogP) is 3.92. The van der Waals surface area contributed by atoms with E-state index < -0.39 is 0 Å². The van der Waals surface area contributed by atoms with E-state index in [1.54, 1.807) is 12.1 Å². The van der Waals surface area contributed by atoms with Gasteiger partial charge in [-0.05, 0) is 68.0 Å². The van der Waals surface area contributed by atoms with Gasteiger partial charge in [-0.1, -0.05) is 6.07 Å². The minimum absolute atomic E-state index is 0. The van der Waals surface area contributed by atoms with Gasteiger partial charge in [-0.15, -0.1) is 24.0 Å². The van der Waals surface area contributed by atoms with Gasteiger partial charge in [0, 0.05) is 51.2 Å². The zero-order valence-electron chi connectivity index (χ0n) is 19.2. The van der Waals surface area contributed by atoms with E-state index in [2.05, 4.69) is 40.4 Å². The molecule has 0 radical (unpaired) electrons.